The average Bonchev–Trinajstić information content (AvgIpc) is 0.788. The topological polar surface area (TPSA) is 274 Å². The third-order valence-corrected chi connectivity index (χ3v) is 22.9. The fraction of sp³-hybridized carbons (Fsp3) is 0.930. The summed E-state index contributed by atoms with van der Waals surface area (Å²) in [4.78, 5) is 73.3. The van der Waals surface area contributed by atoms with Crippen LogP contribution in [0.15, 0.2) is 0 Å². The molecule has 5 heterocycles. The zero-order valence-corrected chi connectivity index (χ0v) is 62.2. The second-order valence-corrected chi connectivity index (χ2v) is 30.6. The molecule has 5 aliphatic heterocycles. The van der Waals surface area contributed by atoms with Crippen molar-refractivity contribution in [2.24, 2.45) is 65.1 Å². The van der Waals surface area contributed by atoms with E-state index in [4.69, 9.17) is 52.1 Å². The number of aliphatic hydroxyl groups is 4. The van der Waals surface area contributed by atoms with Gasteiger partial charge in [-0.1, -0.05) is 76.2 Å². The van der Waals surface area contributed by atoms with Crippen LogP contribution < -0.4 is 0 Å². The maximum absolute atomic E-state index is 14.3. The molecule has 31 atom stereocenters. The predicted octanol–water partition coefficient (Wildman–Crippen LogP) is 7.99. The van der Waals surface area contributed by atoms with E-state index in [1.165, 1.54) is 27.9 Å². The molecule has 5 aliphatic rings. The predicted molar refractivity (Wildman–Crippen MR) is 351 cm³/mol. The number of Topliss-reactive ketones (excluding diaryl/α,β-unsaturated/α-hetero) is 3. The summed E-state index contributed by atoms with van der Waals surface area (Å²) in [5.41, 5.74) is -6.62. The van der Waals surface area contributed by atoms with Crippen LogP contribution in [0.2, 0.25) is 0 Å². The number of hydrogen-bond acceptors (Lipinski definition) is 22. The summed E-state index contributed by atoms with van der Waals surface area (Å²) in [6.45, 7) is 37.9. The van der Waals surface area contributed by atoms with Crippen molar-refractivity contribution in [1.29, 1.82) is 0 Å². The number of ketones is 3. The Balaban J connectivity index is 0.000000408. The van der Waals surface area contributed by atoms with Gasteiger partial charge in [0.2, 0.25) is 0 Å². The van der Waals surface area contributed by atoms with Crippen LogP contribution in [0, 0.1) is 65.1 Å². The Morgan fingerprint density at radius 3 is 1.26 bits per heavy atom. The highest BCUT2D eigenvalue weighted by molar-refractivity contribution is 6.00. The number of cyclic esters (lactones) is 2. The fourth-order valence-corrected chi connectivity index (χ4v) is 15.8. The molecule has 0 aliphatic carbocycles. The number of nitrogens with zero attached hydrogens (tertiary/aromatic N) is 2. The molecule has 0 amide bonds. The first-order chi connectivity index (χ1) is 42.8. The van der Waals surface area contributed by atoms with E-state index >= 15 is 0 Å². The molecule has 0 aromatic rings. The van der Waals surface area contributed by atoms with Crippen LogP contribution in [0.5, 0.6) is 0 Å². The smallest absolute Gasteiger partial charge is 0.316 e. The molecule has 5 rings (SSSR count). The molecule has 0 aromatic carbocycles. The molecule has 5 saturated heterocycles. The van der Waals surface area contributed by atoms with Gasteiger partial charge in [0.05, 0.1) is 71.6 Å². The summed E-state index contributed by atoms with van der Waals surface area (Å²) in [5, 5.41) is 45.5. The summed E-state index contributed by atoms with van der Waals surface area (Å²) >= 11 is 0. The van der Waals surface area contributed by atoms with E-state index in [1.54, 1.807) is 69.6 Å². The maximum Gasteiger partial charge on any atom is 0.316 e. The van der Waals surface area contributed by atoms with E-state index < -0.39 is 155 Å². The minimum absolute atomic E-state index is 0.0254. The monoisotopic (exact) mass is 1330 g/mol. The Labute approximate surface area is 558 Å². The molecule has 542 valence electrons. The van der Waals surface area contributed by atoms with Crippen molar-refractivity contribution >= 4 is 29.3 Å². The minimum Gasteiger partial charge on any atom is -0.459 e. The molecule has 22 nitrogen and oxygen atoms in total. The van der Waals surface area contributed by atoms with Crippen molar-refractivity contribution in [1.82, 2.24) is 9.80 Å². The molecule has 4 N–H and O–H groups in total. The Bertz CT molecular complexity index is 2430. The largest absolute Gasteiger partial charge is 0.459 e. The second-order valence-electron chi connectivity index (χ2n) is 30.6. The Kier molecular flexibility index (Phi) is 29.8. The molecule has 22 heteroatoms. The number of methoxy groups -OCH3 is 3. The molecule has 93 heavy (non-hydrogen) atoms. The lowest BCUT2D eigenvalue weighted by Crippen LogP contribution is -2.60. The highest BCUT2D eigenvalue weighted by Crippen LogP contribution is 2.45. The van der Waals surface area contributed by atoms with Crippen molar-refractivity contribution in [3.63, 3.8) is 0 Å². The van der Waals surface area contributed by atoms with Crippen LogP contribution in [-0.2, 0) is 76.1 Å². The molecule has 0 spiro atoms. The highest BCUT2D eigenvalue weighted by Gasteiger charge is 2.56. The lowest BCUT2D eigenvalue weighted by molar-refractivity contribution is -0.308. The van der Waals surface area contributed by atoms with Crippen molar-refractivity contribution in [3.8, 4) is 0 Å². The fourth-order valence-electron chi connectivity index (χ4n) is 15.8. The highest BCUT2D eigenvalue weighted by atomic mass is 16.7. The third-order valence-electron chi connectivity index (χ3n) is 22.9. The summed E-state index contributed by atoms with van der Waals surface area (Å²) in [6.07, 6.45) is -7.22. The van der Waals surface area contributed by atoms with Gasteiger partial charge in [0.1, 0.15) is 40.9 Å². The van der Waals surface area contributed by atoms with Gasteiger partial charge in [-0.05, 0) is 136 Å². The first kappa shape index (κ1) is 82.8. The van der Waals surface area contributed by atoms with Gasteiger partial charge in [-0.2, -0.15) is 0 Å². The molecule has 0 aromatic heterocycles. The summed E-state index contributed by atoms with van der Waals surface area (Å²) in [5.74, 6) is -8.93. The van der Waals surface area contributed by atoms with Crippen molar-refractivity contribution in [2.45, 2.75) is 310 Å². The molecule has 0 saturated carbocycles. The zero-order valence-electron chi connectivity index (χ0n) is 62.2. The minimum atomic E-state index is -1.91. The van der Waals surface area contributed by atoms with Crippen LogP contribution in [0.4, 0.5) is 0 Å². The Hall–Kier alpha value is -2.65. The number of rotatable bonds is 13. The average molecular weight is 1330 g/mol. The van der Waals surface area contributed by atoms with Crippen LogP contribution in [0.1, 0.15) is 190 Å². The number of esters is 2. The summed E-state index contributed by atoms with van der Waals surface area (Å²) in [7, 11) is 12.9. The normalized spacial score (nSPS) is 47.6. The van der Waals surface area contributed by atoms with Gasteiger partial charge in [-0.15, -0.1) is 0 Å². The second kappa shape index (κ2) is 33.5. The lowest BCUT2D eigenvalue weighted by Gasteiger charge is -2.50. The summed E-state index contributed by atoms with van der Waals surface area (Å²) in [6, 6.07) is 0.363. The van der Waals surface area contributed by atoms with Crippen LogP contribution >= 0.6 is 0 Å². The van der Waals surface area contributed by atoms with Crippen molar-refractivity contribution < 1.29 is 96.5 Å². The molecular formula is C71H128N2O20. The number of hydrogen-bond donors (Lipinski definition) is 4. The number of aliphatic hydroxyl groups excluding tert-OH is 2. The Morgan fingerprint density at radius 2 is 0.871 bits per heavy atom. The van der Waals surface area contributed by atoms with E-state index in [-0.39, 0.29) is 85.4 Å². The van der Waals surface area contributed by atoms with E-state index in [0.717, 1.165) is 12.8 Å². The third kappa shape index (κ3) is 18.6. The first-order valence-electron chi connectivity index (χ1n) is 34.6. The first-order valence-corrected chi connectivity index (χ1v) is 34.6. The van der Waals surface area contributed by atoms with Gasteiger partial charge in [0, 0.05) is 93.1 Å². The van der Waals surface area contributed by atoms with E-state index in [2.05, 4.69) is 37.7 Å². The van der Waals surface area contributed by atoms with Crippen LogP contribution in [0.3, 0.4) is 0 Å². The standard InChI is InChI=1S/C40H73NO11.C31H55NO9/c1-17-30-40(12,45)34(43)24(5)32(42)21(2)19-39(11,47-16)35(52-37-23(4)29(41(13)14)18-22(3)48-37)25(6)33(26(7)36(44)50-30)51-31-20-38(10,46-15)27(8)28(9)49-31;1-13-23-31(9,37)26(35)19(5)24(33)16(2)15-30(8,38-12)27(20(6)25(34)21(7)28(36)40-23)41-29-18(4)22(32(10)11)14-17(3)39-29/h21-31,33-35,37,43,45H,17-20H2,1-16H3;16-23,26-27,29,35,37H,13-15H2,1-12H3/t21-,22-,23-,24+,25+,26-,27+,28+,29?,30-,31?,33?,34?,35?,37?,38?,39?,40?;16-,17-,18-,19+,20+,21-,22+,23-,26-,27-,29+,30+,31-/m11/s1. The molecule has 9 unspecified atom stereocenters. The number of ether oxygens (including phenoxy) is 11. The van der Waals surface area contributed by atoms with Gasteiger partial charge in [-0.25, -0.2) is 0 Å². The zero-order chi connectivity index (χ0) is 71.3. The summed E-state index contributed by atoms with van der Waals surface area (Å²) < 4.78 is 70.0. The van der Waals surface area contributed by atoms with Gasteiger partial charge >= 0.3 is 11.9 Å². The van der Waals surface area contributed by atoms with Gasteiger partial charge in [0.25, 0.3) is 0 Å². The van der Waals surface area contributed by atoms with E-state index in [0.29, 0.717) is 6.42 Å². The molecule has 0 bridgehead atoms. The SMILES string of the molecule is CC[C@H]1OC(=O)[C@H](C)C(=O)[C@H](C)[C@@H](O[C@@H]2O[C@H](C)C[C@H](N(C)C)[C@H]2C)[C@@](C)(OC)C[C@@H](C)C(=O)[C@H](C)[C@@H](O)[C@]1(C)O.CC[C@H]1OC(=O)[C@H](C)C(OC2CC(C)(OC)[C@@H](C)[C@H](C)O2)[C@H](C)C(OC2O[C@H](C)CC(N(C)C)[C@H]2C)C(C)(OC)C[C@@H](C)C(=O)[C@H](C)C(O)C1(C)O. The van der Waals surface area contributed by atoms with Crippen molar-refractivity contribution in [3.05, 3.63) is 0 Å². The van der Waals surface area contributed by atoms with E-state index in [9.17, 15) is 44.4 Å². The van der Waals surface area contributed by atoms with Gasteiger partial charge in [0.15, 0.2) is 24.7 Å². The maximum atomic E-state index is 14.3. The van der Waals surface area contributed by atoms with Gasteiger partial charge in [-0.3, -0.25) is 24.0 Å². The number of carbonyl (C=O) groups is 5. The van der Waals surface area contributed by atoms with Crippen LogP contribution in [-0.4, -0.2) is 229 Å². The Morgan fingerprint density at radius 1 is 0.484 bits per heavy atom. The van der Waals surface area contributed by atoms with Crippen molar-refractivity contribution in [2.75, 3.05) is 49.5 Å². The lowest BCUT2D eigenvalue weighted by atomic mass is 9.73. The molecular weight excluding hydrogens is 1200 g/mol. The molecule has 5 fully saturated rings. The van der Waals surface area contributed by atoms with Crippen LogP contribution in [0.25, 0.3) is 0 Å². The van der Waals surface area contributed by atoms with E-state index in [1.807, 2.05) is 69.5 Å². The molecule has 0 radical (unpaired) electrons. The van der Waals surface area contributed by atoms with Gasteiger partial charge < -0.3 is 82.3 Å². The quantitative estimate of drug-likeness (QED) is 0.100. The number of carbonyl (C=O) groups excluding carboxylic acids is 5.